The number of rotatable bonds is 2. The molecule has 13 heavy (non-hydrogen) atoms. The maximum atomic E-state index is 11.3. The van der Waals surface area contributed by atoms with Crippen molar-refractivity contribution in [1.29, 1.82) is 0 Å². The van der Waals surface area contributed by atoms with E-state index in [1.165, 1.54) is 0 Å². The molecule has 0 spiro atoms. The van der Waals surface area contributed by atoms with Gasteiger partial charge in [0.2, 0.25) is 0 Å². The van der Waals surface area contributed by atoms with E-state index >= 15 is 0 Å². The molecule has 0 aliphatic heterocycles. The predicted molar refractivity (Wildman–Crippen MR) is 52.0 cm³/mol. The Morgan fingerprint density at radius 3 is 2.77 bits per heavy atom. The maximum Gasteiger partial charge on any atom is 0.338 e. The van der Waals surface area contributed by atoms with Crippen LogP contribution in [0.3, 0.4) is 0 Å². The summed E-state index contributed by atoms with van der Waals surface area (Å²) in [6.07, 6.45) is 6.44. The van der Waals surface area contributed by atoms with Crippen molar-refractivity contribution in [2.24, 2.45) is 0 Å². The fraction of sp³-hybridized carbons (Fsp3) is 0.364. The molecule has 0 N–H and O–H groups in total. The summed E-state index contributed by atoms with van der Waals surface area (Å²) in [5.74, 6) is 0.520. The van der Waals surface area contributed by atoms with Crippen LogP contribution in [-0.4, -0.2) is 5.97 Å². The van der Waals surface area contributed by atoms with E-state index in [0.717, 1.165) is 17.8 Å². The van der Waals surface area contributed by atoms with Gasteiger partial charge in [-0.15, -0.1) is 0 Å². The molecule has 0 aromatic heterocycles. The van der Waals surface area contributed by atoms with Crippen molar-refractivity contribution >= 4 is 5.97 Å². The van der Waals surface area contributed by atoms with Gasteiger partial charge in [0.25, 0.3) is 0 Å². The topological polar surface area (TPSA) is 26.3 Å². The van der Waals surface area contributed by atoms with Crippen LogP contribution in [-0.2, 0) is 9.53 Å². The van der Waals surface area contributed by atoms with Crippen molar-refractivity contribution in [2.45, 2.75) is 27.2 Å². The Morgan fingerprint density at radius 2 is 2.31 bits per heavy atom. The molecule has 0 unspecified atom stereocenters. The summed E-state index contributed by atoms with van der Waals surface area (Å²) in [5.41, 5.74) is 1.68. The van der Waals surface area contributed by atoms with Crippen molar-refractivity contribution in [2.75, 3.05) is 0 Å². The van der Waals surface area contributed by atoms with E-state index in [1.807, 2.05) is 26.0 Å². The van der Waals surface area contributed by atoms with Gasteiger partial charge >= 0.3 is 5.97 Å². The van der Waals surface area contributed by atoms with Gasteiger partial charge < -0.3 is 4.74 Å². The molecule has 1 aliphatic rings. The third kappa shape index (κ3) is 2.31. The average molecular weight is 178 g/mol. The minimum atomic E-state index is -0.249. The first-order valence-electron chi connectivity index (χ1n) is 4.36. The third-order valence-corrected chi connectivity index (χ3v) is 2.08. The van der Waals surface area contributed by atoms with Gasteiger partial charge in [-0.05, 0) is 26.3 Å². The van der Waals surface area contributed by atoms with Gasteiger partial charge in [0.1, 0.15) is 5.76 Å². The van der Waals surface area contributed by atoms with Gasteiger partial charge in [-0.25, -0.2) is 4.79 Å². The molecule has 1 rings (SSSR count). The monoisotopic (exact) mass is 178 g/mol. The molecule has 0 saturated heterocycles. The number of hydrogen-bond donors (Lipinski definition) is 0. The van der Waals surface area contributed by atoms with E-state index < -0.39 is 0 Å². The van der Waals surface area contributed by atoms with E-state index in [2.05, 4.69) is 0 Å². The average Bonchev–Trinajstić information content (AvgIpc) is 2.50. The van der Waals surface area contributed by atoms with Crippen LogP contribution in [0.5, 0.6) is 0 Å². The van der Waals surface area contributed by atoms with Gasteiger partial charge in [0.15, 0.2) is 0 Å². The fourth-order valence-electron chi connectivity index (χ4n) is 1.03. The van der Waals surface area contributed by atoms with Crippen LogP contribution in [0.15, 0.2) is 35.1 Å². The molecule has 2 nitrogen and oxygen atoms in total. The molecule has 0 fully saturated rings. The molecule has 2 heteroatoms. The smallest absolute Gasteiger partial charge is 0.338 e. The van der Waals surface area contributed by atoms with E-state index in [1.54, 1.807) is 13.0 Å². The molecule has 0 atom stereocenters. The highest BCUT2D eigenvalue weighted by Crippen LogP contribution is 2.20. The summed E-state index contributed by atoms with van der Waals surface area (Å²) in [6, 6.07) is 0. The van der Waals surface area contributed by atoms with Gasteiger partial charge in [-0.1, -0.05) is 18.2 Å². The quantitative estimate of drug-likeness (QED) is 0.480. The highest BCUT2D eigenvalue weighted by molar-refractivity contribution is 5.88. The minimum Gasteiger partial charge on any atom is -0.427 e. The Morgan fingerprint density at radius 1 is 1.62 bits per heavy atom. The van der Waals surface area contributed by atoms with Crippen molar-refractivity contribution in [1.82, 2.24) is 0 Å². The van der Waals surface area contributed by atoms with E-state index in [9.17, 15) is 4.79 Å². The molecule has 0 aromatic rings. The highest BCUT2D eigenvalue weighted by atomic mass is 16.5. The van der Waals surface area contributed by atoms with E-state index in [4.69, 9.17) is 4.74 Å². The molecule has 0 bridgehead atoms. The normalized spacial score (nSPS) is 16.7. The predicted octanol–water partition coefficient (Wildman–Crippen LogP) is 2.73. The summed E-state index contributed by atoms with van der Waals surface area (Å²) < 4.78 is 5.19. The summed E-state index contributed by atoms with van der Waals surface area (Å²) >= 11 is 0. The minimum absolute atomic E-state index is 0.249. The standard InChI is InChI=1S/C11H14O2/c1-4-8(2)11(12)13-10-7-5-6-9(10)3/h4-6H,7H2,1-3H3. The van der Waals surface area contributed by atoms with Crippen LogP contribution in [0.4, 0.5) is 0 Å². The summed E-state index contributed by atoms with van der Waals surface area (Å²) in [7, 11) is 0. The fourth-order valence-corrected chi connectivity index (χ4v) is 1.03. The zero-order valence-electron chi connectivity index (χ0n) is 8.26. The van der Waals surface area contributed by atoms with Gasteiger partial charge in [-0.2, -0.15) is 0 Å². The number of ether oxygens (including phenoxy) is 1. The lowest BCUT2D eigenvalue weighted by atomic mass is 10.3. The molecule has 0 heterocycles. The van der Waals surface area contributed by atoms with Crippen LogP contribution < -0.4 is 0 Å². The second kappa shape index (κ2) is 4.08. The summed E-state index contributed by atoms with van der Waals surface area (Å²) in [6.45, 7) is 5.52. The second-order valence-electron chi connectivity index (χ2n) is 3.07. The number of esters is 1. The number of allylic oxidation sites excluding steroid dienone is 4. The molecule has 1 aliphatic carbocycles. The van der Waals surface area contributed by atoms with Crippen LogP contribution in [0.1, 0.15) is 27.2 Å². The van der Waals surface area contributed by atoms with Crippen molar-refractivity contribution < 1.29 is 9.53 Å². The van der Waals surface area contributed by atoms with Crippen LogP contribution >= 0.6 is 0 Å². The van der Waals surface area contributed by atoms with E-state index in [-0.39, 0.29) is 5.97 Å². The summed E-state index contributed by atoms with van der Waals surface area (Å²) in [5, 5.41) is 0. The third-order valence-electron chi connectivity index (χ3n) is 2.08. The maximum absolute atomic E-state index is 11.3. The molecule has 0 saturated carbocycles. The SMILES string of the molecule is CC=C(C)C(=O)OC1=C(C)C=CC1. The van der Waals surface area contributed by atoms with Gasteiger partial charge in [0, 0.05) is 12.0 Å². The number of hydrogen-bond acceptors (Lipinski definition) is 2. The van der Waals surface area contributed by atoms with Crippen molar-refractivity contribution in [3.8, 4) is 0 Å². The van der Waals surface area contributed by atoms with Crippen LogP contribution in [0.25, 0.3) is 0 Å². The first-order chi connectivity index (χ1) is 6.15. The molecular formula is C11H14O2. The lowest BCUT2D eigenvalue weighted by Gasteiger charge is -2.05. The van der Waals surface area contributed by atoms with Crippen molar-refractivity contribution in [3.05, 3.63) is 35.1 Å². The molecule has 0 aromatic carbocycles. The Hall–Kier alpha value is -1.31. The second-order valence-corrected chi connectivity index (χ2v) is 3.07. The first kappa shape index (κ1) is 9.78. The lowest BCUT2D eigenvalue weighted by Crippen LogP contribution is -2.05. The van der Waals surface area contributed by atoms with Crippen LogP contribution in [0.2, 0.25) is 0 Å². The van der Waals surface area contributed by atoms with Gasteiger partial charge in [-0.3, -0.25) is 0 Å². The molecule has 0 amide bonds. The Labute approximate surface area is 78.6 Å². The zero-order valence-corrected chi connectivity index (χ0v) is 8.26. The zero-order chi connectivity index (χ0) is 9.84. The van der Waals surface area contributed by atoms with Crippen molar-refractivity contribution in [3.63, 3.8) is 0 Å². The molecular weight excluding hydrogens is 164 g/mol. The largest absolute Gasteiger partial charge is 0.427 e. The van der Waals surface area contributed by atoms with Crippen LogP contribution in [0, 0.1) is 0 Å². The Bertz CT molecular complexity index is 306. The molecule has 0 radical (unpaired) electrons. The summed E-state index contributed by atoms with van der Waals surface area (Å²) in [4.78, 5) is 11.3. The number of carbonyl (C=O) groups is 1. The Kier molecular flexibility index (Phi) is 3.07. The van der Waals surface area contributed by atoms with Gasteiger partial charge in [0.05, 0.1) is 0 Å². The molecule has 70 valence electrons. The lowest BCUT2D eigenvalue weighted by molar-refractivity contribution is -0.135. The number of carbonyl (C=O) groups excluding carboxylic acids is 1. The highest BCUT2D eigenvalue weighted by Gasteiger charge is 2.12. The first-order valence-corrected chi connectivity index (χ1v) is 4.36. The Balaban J connectivity index is 2.61. The van der Waals surface area contributed by atoms with E-state index in [0.29, 0.717) is 5.57 Å².